The maximum atomic E-state index is 12.6. The van der Waals surface area contributed by atoms with Crippen LogP contribution in [-0.2, 0) is 10.0 Å². The van der Waals surface area contributed by atoms with Crippen molar-refractivity contribution in [2.24, 2.45) is 5.84 Å². The summed E-state index contributed by atoms with van der Waals surface area (Å²) in [5, 5.41) is 0. The smallest absolute Gasteiger partial charge is 0.246 e. The Morgan fingerprint density at radius 2 is 2.11 bits per heavy atom. The number of sulfonamides is 1. The molecule has 1 aromatic heterocycles. The number of nitrogen functional groups attached to an aromatic ring is 1. The quantitative estimate of drug-likeness (QED) is 0.624. The number of nitrogens with zero attached hydrogens (tertiary/aromatic N) is 3. The van der Waals surface area contributed by atoms with Crippen LogP contribution in [0, 0.1) is 0 Å². The number of nitrogens with two attached hydrogens (primary N) is 1. The number of piperidine rings is 1. The summed E-state index contributed by atoms with van der Waals surface area (Å²) in [6.07, 6.45) is 6.30. The SMILES string of the molecule is CCC1CCCCN1S(=O)(=O)c1cnc(NN)nc1. The van der Waals surface area contributed by atoms with Gasteiger partial charge in [0.05, 0.1) is 12.4 Å². The van der Waals surface area contributed by atoms with Crippen molar-refractivity contribution in [1.82, 2.24) is 14.3 Å². The highest BCUT2D eigenvalue weighted by Crippen LogP contribution is 2.26. The lowest BCUT2D eigenvalue weighted by Crippen LogP contribution is -2.43. The lowest BCUT2D eigenvalue weighted by molar-refractivity contribution is 0.246. The van der Waals surface area contributed by atoms with E-state index in [1.807, 2.05) is 6.92 Å². The molecule has 2 heterocycles. The minimum Gasteiger partial charge on any atom is -0.292 e. The zero-order chi connectivity index (χ0) is 13.9. The molecular weight excluding hydrogens is 266 g/mol. The largest absolute Gasteiger partial charge is 0.292 e. The molecule has 106 valence electrons. The number of nitrogens with one attached hydrogen (secondary N) is 1. The Morgan fingerprint density at radius 3 is 2.68 bits per heavy atom. The normalized spacial score (nSPS) is 21.3. The summed E-state index contributed by atoms with van der Waals surface area (Å²) in [6, 6.07) is 0.0751. The van der Waals surface area contributed by atoms with E-state index >= 15 is 0 Å². The van der Waals surface area contributed by atoms with E-state index in [4.69, 9.17) is 5.84 Å². The molecule has 0 aliphatic carbocycles. The van der Waals surface area contributed by atoms with Gasteiger partial charge in [0.2, 0.25) is 16.0 Å². The predicted molar refractivity (Wildman–Crippen MR) is 71.7 cm³/mol. The van der Waals surface area contributed by atoms with Crippen LogP contribution in [0.15, 0.2) is 17.3 Å². The summed E-state index contributed by atoms with van der Waals surface area (Å²) in [5.41, 5.74) is 2.27. The second-order valence-corrected chi connectivity index (χ2v) is 6.45. The van der Waals surface area contributed by atoms with Gasteiger partial charge in [0, 0.05) is 12.6 Å². The van der Waals surface area contributed by atoms with Crippen molar-refractivity contribution in [3.63, 3.8) is 0 Å². The molecule has 3 N–H and O–H groups in total. The second kappa shape index (κ2) is 5.81. The highest BCUT2D eigenvalue weighted by Gasteiger charge is 2.32. The molecular formula is C11H19N5O2S. The van der Waals surface area contributed by atoms with E-state index in [9.17, 15) is 8.42 Å². The van der Waals surface area contributed by atoms with Gasteiger partial charge in [-0.25, -0.2) is 24.2 Å². The first-order chi connectivity index (χ1) is 9.09. The van der Waals surface area contributed by atoms with E-state index in [1.165, 1.54) is 12.4 Å². The summed E-state index contributed by atoms with van der Waals surface area (Å²) in [5.74, 6) is 5.36. The van der Waals surface area contributed by atoms with Crippen LogP contribution in [0.5, 0.6) is 0 Å². The molecule has 19 heavy (non-hydrogen) atoms. The van der Waals surface area contributed by atoms with Crippen LogP contribution in [0.3, 0.4) is 0 Å². The van der Waals surface area contributed by atoms with Crippen molar-refractivity contribution in [3.05, 3.63) is 12.4 Å². The number of hydrogen-bond acceptors (Lipinski definition) is 6. The maximum Gasteiger partial charge on any atom is 0.246 e. The van der Waals surface area contributed by atoms with Crippen molar-refractivity contribution in [2.45, 2.75) is 43.5 Å². The fourth-order valence-electron chi connectivity index (χ4n) is 2.36. The van der Waals surface area contributed by atoms with Gasteiger partial charge in [0.1, 0.15) is 4.90 Å². The minimum absolute atomic E-state index is 0.0751. The van der Waals surface area contributed by atoms with Gasteiger partial charge in [-0.2, -0.15) is 4.31 Å². The fourth-order valence-corrected chi connectivity index (χ4v) is 4.02. The van der Waals surface area contributed by atoms with E-state index in [2.05, 4.69) is 15.4 Å². The summed E-state index contributed by atoms with van der Waals surface area (Å²) < 4.78 is 26.7. The number of anilines is 1. The summed E-state index contributed by atoms with van der Waals surface area (Å²) >= 11 is 0. The van der Waals surface area contributed by atoms with Crippen molar-refractivity contribution in [3.8, 4) is 0 Å². The lowest BCUT2D eigenvalue weighted by atomic mass is 10.0. The van der Waals surface area contributed by atoms with Crippen molar-refractivity contribution < 1.29 is 8.42 Å². The van der Waals surface area contributed by atoms with Crippen molar-refractivity contribution >= 4 is 16.0 Å². The topological polar surface area (TPSA) is 101 Å². The van der Waals surface area contributed by atoms with Gasteiger partial charge >= 0.3 is 0 Å². The van der Waals surface area contributed by atoms with E-state index in [0.29, 0.717) is 6.54 Å². The molecule has 0 amide bonds. The lowest BCUT2D eigenvalue weighted by Gasteiger charge is -2.33. The maximum absolute atomic E-state index is 12.6. The Labute approximate surface area is 113 Å². The third kappa shape index (κ3) is 2.85. The van der Waals surface area contributed by atoms with Gasteiger partial charge in [-0.15, -0.1) is 0 Å². The van der Waals surface area contributed by atoms with E-state index in [-0.39, 0.29) is 16.9 Å². The summed E-state index contributed by atoms with van der Waals surface area (Å²) in [7, 11) is -3.51. The molecule has 2 rings (SSSR count). The van der Waals surface area contributed by atoms with E-state index in [0.717, 1.165) is 25.7 Å². The minimum atomic E-state index is -3.51. The second-order valence-electron chi connectivity index (χ2n) is 4.56. The third-order valence-corrected chi connectivity index (χ3v) is 5.31. The van der Waals surface area contributed by atoms with Gasteiger partial charge in [-0.1, -0.05) is 13.3 Å². The van der Waals surface area contributed by atoms with Gasteiger partial charge in [0.25, 0.3) is 0 Å². The van der Waals surface area contributed by atoms with Crippen LogP contribution < -0.4 is 11.3 Å². The average Bonchev–Trinajstić information content (AvgIpc) is 2.47. The Kier molecular flexibility index (Phi) is 4.33. The molecule has 1 aliphatic rings. The number of rotatable bonds is 4. The molecule has 8 heteroatoms. The third-order valence-electron chi connectivity index (χ3n) is 3.41. The zero-order valence-corrected chi connectivity index (χ0v) is 11.7. The molecule has 7 nitrogen and oxygen atoms in total. The first-order valence-electron chi connectivity index (χ1n) is 6.40. The van der Waals surface area contributed by atoms with Crippen LogP contribution in [0.25, 0.3) is 0 Å². The number of aromatic nitrogens is 2. The van der Waals surface area contributed by atoms with Gasteiger partial charge in [0.15, 0.2) is 0 Å². The molecule has 0 bridgehead atoms. The van der Waals surface area contributed by atoms with Gasteiger partial charge in [-0.3, -0.25) is 5.43 Å². The molecule has 1 saturated heterocycles. The van der Waals surface area contributed by atoms with Crippen LogP contribution in [0.1, 0.15) is 32.6 Å². The molecule has 1 aliphatic heterocycles. The predicted octanol–water partition coefficient (Wildman–Crippen LogP) is 0.715. The first kappa shape index (κ1) is 14.2. The zero-order valence-electron chi connectivity index (χ0n) is 10.9. The Balaban J connectivity index is 2.29. The molecule has 0 aromatic carbocycles. The van der Waals surface area contributed by atoms with Crippen LogP contribution in [0.4, 0.5) is 5.95 Å². The Hall–Kier alpha value is -1.25. The van der Waals surface area contributed by atoms with E-state index in [1.54, 1.807) is 4.31 Å². The summed E-state index contributed by atoms with van der Waals surface area (Å²) in [6.45, 7) is 2.58. The van der Waals surface area contributed by atoms with Gasteiger partial charge < -0.3 is 0 Å². The van der Waals surface area contributed by atoms with Crippen LogP contribution >= 0.6 is 0 Å². The molecule has 1 unspecified atom stereocenters. The number of hydrazine groups is 1. The summed E-state index contributed by atoms with van der Waals surface area (Å²) in [4.78, 5) is 7.83. The average molecular weight is 285 g/mol. The molecule has 1 aromatic rings. The van der Waals surface area contributed by atoms with E-state index < -0.39 is 10.0 Å². The van der Waals surface area contributed by atoms with Crippen LogP contribution in [-0.4, -0.2) is 35.3 Å². The first-order valence-corrected chi connectivity index (χ1v) is 7.84. The molecule has 1 atom stereocenters. The van der Waals surface area contributed by atoms with Crippen molar-refractivity contribution in [1.29, 1.82) is 0 Å². The monoisotopic (exact) mass is 285 g/mol. The van der Waals surface area contributed by atoms with Crippen molar-refractivity contribution in [2.75, 3.05) is 12.0 Å². The Morgan fingerprint density at radius 1 is 1.42 bits per heavy atom. The highest BCUT2D eigenvalue weighted by atomic mass is 32.2. The fraction of sp³-hybridized carbons (Fsp3) is 0.636. The standard InChI is InChI=1S/C11H19N5O2S/c1-2-9-5-3-4-6-16(9)19(17,18)10-7-13-11(15-12)14-8-10/h7-9H,2-6,12H2,1H3,(H,13,14,15). The Bertz CT molecular complexity index is 516. The highest BCUT2D eigenvalue weighted by molar-refractivity contribution is 7.89. The molecule has 0 spiro atoms. The number of hydrogen-bond donors (Lipinski definition) is 2. The van der Waals surface area contributed by atoms with Crippen LogP contribution in [0.2, 0.25) is 0 Å². The molecule has 0 saturated carbocycles. The van der Waals surface area contributed by atoms with Gasteiger partial charge in [-0.05, 0) is 19.3 Å². The molecule has 1 fully saturated rings. The molecule has 0 radical (unpaired) electrons.